The van der Waals surface area contributed by atoms with Gasteiger partial charge in [0.1, 0.15) is 18.0 Å². The summed E-state index contributed by atoms with van der Waals surface area (Å²) >= 11 is 1.75. The molecule has 0 bridgehead atoms. The highest BCUT2D eigenvalue weighted by molar-refractivity contribution is 7.10. The number of hydrogen-bond donors (Lipinski definition) is 0. The minimum absolute atomic E-state index is 0.00796. The van der Waals surface area contributed by atoms with Crippen LogP contribution in [0.2, 0.25) is 0 Å². The van der Waals surface area contributed by atoms with E-state index >= 15 is 0 Å². The number of benzene rings is 2. The Hall–Kier alpha value is -3.32. The maximum atomic E-state index is 13.8. The largest absolute Gasteiger partial charge is 0.497 e. The van der Waals surface area contributed by atoms with Crippen molar-refractivity contribution in [1.82, 2.24) is 9.80 Å². The van der Waals surface area contributed by atoms with Crippen molar-refractivity contribution in [2.75, 3.05) is 33.9 Å². The number of hydrogen-bond acceptors (Lipinski definition) is 5. The normalized spacial score (nSPS) is 14.9. The van der Waals surface area contributed by atoms with Crippen LogP contribution in [0.15, 0.2) is 53.9 Å². The van der Waals surface area contributed by atoms with Crippen LogP contribution in [0.4, 0.5) is 0 Å². The molecule has 0 saturated heterocycles. The third-order valence-corrected chi connectivity index (χ3v) is 7.51. The molecule has 0 fully saturated rings. The highest BCUT2D eigenvalue weighted by Gasteiger charge is 2.34. The number of thiophene rings is 1. The van der Waals surface area contributed by atoms with Gasteiger partial charge in [-0.25, -0.2) is 0 Å². The van der Waals surface area contributed by atoms with Gasteiger partial charge in [-0.3, -0.25) is 9.59 Å². The van der Waals surface area contributed by atoms with Crippen LogP contribution >= 0.6 is 11.3 Å². The summed E-state index contributed by atoms with van der Waals surface area (Å²) in [5, 5.41) is 2.10. The van der Waals surface area contributed by atoms with Crippen LogP contribution in [0.3, 0.4) is 0 Å². The highest BCUT2D eigenvalue weighted by atomic mass is 32.1. The van der Waals surface area contributed by atoms with E-state index in [9.17, 15) is 9.59 Å². The summed E-state index contributed by atoms with van der Waals surface area (Å²) in [6, 6.07) is 15.5. The van der Waals surface area contributed by atoms with Gasteiger partial charge in [-0.15, -0.1) is 11.3 Å². The van der Waals surface area contributed by atoms with Gasteiger partial charge in [-0.05, 0) is 54.0 Å². The number of carbonyl (C=O) groups excluding carboxylic acids is 2. The van der Waals surface area contributed by atoms with Crippen LogP contribution in [0.5, 0.6) is 11.5 Å². The molecule has 190 valence electrons. The summed E-state index contributed by atoms with van der Waals surface area (Å²) in [4.78, 5) is 32.4. The van der Waals surface area contributed by atoms with Gasteiger partial charge in [0.2, 0.25) is 5.91 Å². The number of aryl methyl sites for hydroxylation is 1. The van der Waals surface area contributed by atoms with Gasteiger partial charge in [0.05, 0.1) is 25.8 Å². The molecule has 0 saturated carbocycles. The van der Waals surface area contributed by atoms with E-state index in [0.29, 0.717) is 30.2 Å². The van der Waals surface area contributed by atoms with E-state index in [1.807, 2.05) is 18.7 Å². The second-order valence-electron chi connectivity index (χ2n) is 9.60. The molecule has 0 N–H and O–H groups in total. The van der Waals surface area contributed by atoms with E-state index in [4.69, 9.17) is 9.47 Å². The molecule has 0 spiro atoms. The highest BCUT2D eigenvalue weighted by Crippen LogP contribution is 2.38. The number of rotatable bonds is 8. The monoisotopic (exact) mass is 506 g/mol. The van der Waals surface area contributed by atoms with Crippen LogP contribution in [-0.2, 0) is 11.2 Å². The molecule has 6 nitrogen and oxygen atoms in total. The first-order valence-electron chi connectivity index (χ1n) is 12.3. The van der Waals surface area contributed by atoms with Crippen molar-refractivity contribution in [2.45, 2.75) is 33.2 Å². The third-order valence-electron chi connectivity index (χ3n) is 6.52. The Morgan fingerprint density at radius 3 is 2.50 bits per heavy atom. The van der Waals surface area contributed by atoms with E-state index in [1.54, 1.807) is 41.5 Å². The molecular weight excluding hydrogens is 472 g/mol. The van der Waals surface area contributed by atoms with Crippen LogP contribution in [0.25, 0.3) is 0 Å². The summed E-state index contributed by atoms with van der Waals surface area (Å²) in [6.07, 6.45) is 0.825. The van der Waals surface area contributed by atoms with E-state index in [2.05, 4.69) is 42.6 Å². The summed E-state index contributed by atoms with van der Waals surface area (Å²) in [7, 11) is 3.10. The van der Waals surface area contributed by atoms with Crippen molar-refractivity contribution in [3.8, 4) is 11.5 Å². The number of fused-ring (bicyclic) bond motifs is 1. The van der Waals surface area contributed by atoms with Gasteiger partial charge < -0.3 is 19.3 Å². The molecule has 2 amide bonds. The molecule has 0 aliphatic carbocycles. The van der Waals surface area contributed by atoms with Crippen molar-refractivity contribution in [3.05, 3.63) is 81.0 Å². The van der Waals surface area contributed by atoms with Crippen LogP contribution in [-0.4, -0.2) is 55.5 Å². The van der Waals surface area contributed by atoms with Crippen molar-refractivity contribution in [2.24, 2.45) is 5.92 Å². The molecule has 1 aliphatic rings. The smallest absolute Gasteiger partial charge is 0.258 e. The Kier molecular flexibility index (Phi) is 7.99. The van der Waals surface area contributed by atoms with Gasteiger partial charge in [-0.2, -0.15) is 0 Å². The molecule has 2 aromatic carbocycles. The summed E-state index contributed by atoms with van der Waals surface area (Å²) in [5.74, 6) is 0.953. The zero-order valence-corrected chi connectivity index (χ0v) is 22.4. The fourth-order valence-corrected chi connectivity index (χ4v) is 5.66. The topological polar surface area (TPSA) is 59.1 Å². The predicted octanol–water partition coefficient (Wildman–Crippen LogP) is 5.35. The van der Waals surface area contributed by atoms with Crippen LogP contribution in [0.1, 0.15) is 51.8 Å². The van der Waals surface area contributed by atoms with E-state index < -0.39 is 0 Å². The molecular formula is C29H34N2O4S. The minimum Gasteiger partial charge on any atom is -0.497 e. The third kappa shape index (κ3) is 5.41. The van der Waals surface area contributed by atoms with Crippen LogP contribution < -0.4 is 9.47 Å². The number of carbonyl (C=O) groups is 2. The number of ether oxygens (including phenoxy) is 2. The average Bonchev–Trinajstić information content (AvgIpc) is 3.36. The Balaban J connectivity index is 1.63. The van der Waals surface area contributed by atoms with E-state index in [-0.39, 0.29) is 30.3 Å². The molecule has 1 atom stereocenters. The second-order valence-corrected chi connectivity index (χ2v) is 10.6. The second kappa shape index (κ2) is 11.2. The Morgan fingerprint density at radius 2 is 1.83 bits per heavy atom. The van der Waals surface area contributed by atoms with Crippen molar-refractivity contribution < 1.29 is 19.1 Å². The Labute approximate surface area is 217 Å². The molecule has 4 rings (SSSR count). The lowest BCUT2D eigenvalue weighted by atomic mass is 9.92. The standard InChI is InChI=1S/C29H34N2O4S/c1-19(2)17-30(29(33)23-11-10-22(34-4)16-25(23)35-5)18-27(32)31-14-12-26-24(13-15-36-26)28(31)21-8-6-20(3)7-9-21/h6-11,13,15-16,19,28H,12,14,17-18H2,1-5H3. The molecule has 7 heteroatoms. The number of nitrogens with zero attached hydrogens (tertiary/aromatic N) is 2. The molecule has 0 radical (unpaired) electrons. The first-order valence-corrected chi connectivity index (χ1v) is 13.1. The maximum absolute atomic E-state index is 13.8. The number of methoxy groups -OCH3 is 2. The van der Waals surface area contributed by atoms with Gasteiger partial charge in [0.15, 0.2) is 0 Å². The lowest BCUT2D eigenvalue weighted by molar-refractivity contribution is -0.134. The maximum Gasteiger partial charge on any atom is 0.258 e. The Morgan fingerprint density at radius 1 is 1.08 bits per heavy atom. The predicted molar refractivity (Wildman–Crippen MR) is 143 cm³/mol. The molecule has 3 aromatic rings. The van der Waals surface area contributed by atoms with Crippen molar-refractivity contribution in [1.29, 1.82) is 0 Å². The Bertz CT molecular complexity index is 1220. The molecule has 1 aliphatic heterocycles. The zero-order valence-electron chi connectivity index (χ0n) is 21.6. The minimum atomic E-state index is -0.225. The SMILES string of the molecule is COc1ccc(C(=O)N(CC(=O)N2CCc3sccc3C2c2ccc(C)cc2)CC(C)C)c(OC)c1. The van der Waals surface area contributed by atoms with Gasteiger partial charge in [0, 0.05) is 24.0 Å². The van der Waals surface area contributed by atoms with Crippen LogP contribution in [0, 0.1) is 12.8 Å². The summed E-state index contributed by atoms with van der Waals surface area (Å²) in [6.45, 7) is 7.25. The van der Waals surface area contributed by atoms with Gasteiger partial charge in [-0.1, -0.05) is 43.7 Å². The molecule has 1 aromatic heterocycles. The molecule has 36 heavy (non-hydrogen) atoms. The van der Waals surface area contributed by atoms with Gasteiger partial charge >= 0.3 is 0 Å². The number of amides is 2. The first-order chi connectivity index (χ1) is 17.3. The first kappa shape index (κ1) is 25.8. The van der Waals surface area contributed by atoms with E-state index in [1.165, 1.54) is 23.1 Å². The molecule has 2 heterocycles. The molecule has 1 unspecified atom stereocenters. The fraction of sp³-hybridized carbons (Fsp3) is 0.379. The lowest BCUT2D eigenvalue weighted by Gasteiger charge is -2.38. The summed E-state index contributed by atoms with van der Waals surface area (Å²) in [5.41, 5.74) is 3.87. The summed E-state index contributed by atoms with van der Waals surface area (Å²) < 4.78 is 10.8. The van der Waals surface area contributed by atoms with Crippen molar-refractivity contribution >= 4 is 23.2 Å². The quantitative estimate of drug-likeness (QED) is 0.414. The fourth-order valence-electron chi connectivity index (χ4n) is 4.75. The van der Waals surface area contributed by atoms with Crippen molar-refractivity contribution in [3.63, 3.8) is 0 Å². The zero-order chi connectivity index (χ0) is 25.8. The average molecular weight is 507 g/mol. The van der Waals surface area contributed by atoms with E-state index in [0.717, 1.165) is 12.0 Å². The van der Waals surface area contributed by atoms with Gasteiger partial charge in [0.25, 0.3) is 5.91 Å². The lowest BCUT2D eigenvalue weighted by Crippen LogP contribution is -2.47.